The molecule has 3 heteroatoms. The Morgan fingerprint density at radius 2 is 2.50 bits per heavy atom. The molecule has 1 atom stereocenters. The Bertz CT molecular complexity index is 277. The second kappa shape index (κ2) is 3.73. The van der Waals surface area contributed by atoms with Gasteiger partial charge in [0, 0.05) is 24.3 Å². The van der Waals surface area contributed by atoms with Gasteiger partial charge in [0.25, 0.3) is 0 Å². The lowest BCUT2D eigenvalue weighted by Gasteiger charge is -2.27. The van der Waals surface area contributed by atoms with Crippen LogP contribution in [0.3, 0.4) is 0 Å². The third-order valence-corrected chi connectivity index (χ3v) is 3.36. The Hall–Kier alpha value is -0.830. The molecule has 0 amide bonds. The van der Waals surface area contributed by atoms with Gasteiger partial charge in [-0.1, -0.05) is 20.3 Å². The van der Waals surface area contributed by atoms with Crippen LogP contribution >= 0.6 is 0 Å². The van der Waals surface area contributed by atoms with Gasteiger partial charge in [-0.05, 0) is 18.3 Å². The molecule has 78 valence electrons. The lowest BCUT2D eigenvalue weighted by molar-refractivity contribution is 0.282. The van der Waals surface area contributed by atoms with Gasteiger partial charge < -0.3 is 5.32 Å². The third kappa shape index (κ3) is 1.98. The average molecular weight is 193 g/mol. The van der Waals surface area contributed by atoms with E-state index in [0.717, 1.165) is 6.54 Å². The zero-order valence-corrected chi connectivity index (χ0v) is 9.01. The van der Waals surface area contributed by atoms with Crippen molar-refractivity contribution in [1.29, 1.82) is 0 Å². The summed E-state index contributed by atoms with van der Waals surface area (Å²) in [5.74, 6) is 0. The summed E-state index contributed by atoms with van der Waals surface area (Å²) in [6.07, 6.45) is 7.85. The van der Waals surface area contributed by atoms with Crippen LogP contribution in [0.2, 0.25) is 0 Å². The average Bonchev–Trinajstić information content (AvgIpc) is 2.71. The normalized spacial score (nSPS) is 25.4. The Kier molecular flexibility index (Phi) is 2.59. The molecule has 0 bridgehead atoms. The summed E-state index contributed by atoms with van der Waals surface area (Å²) < 4.78 is 0. The van der Waals surface area contributed by atoms with E-state index < -0.39 is 0 Å². The van der Waals surface area contributed by atoms with Crippen LogP contribution in [0.1, 0.15) is 38.7 Å². The van der Waals surface area contributed by atoms with Gasteiger partial charge in [0.15, 0.2) is 0 Å². The van der Waals surface area contributed by atoms with Crippen LogP contribution in [0.25, 0.3) is 0 Å². The first kappa shape index (κ1) is 9.71. The second-order valence-electron chi connectivity index (χ2n) is 4.92. The van der Waals surface area contributed by atoms with Crippen LogP contribution in [0.15, 0.2) is 12.4 Å². The van der Waals surface area contributed by atoms with E-state index in [2.05, 4.69) is 29.4 Å². The van der Waals surface area contributed by atoms with Crippen LogP contribution < -0.4 is 5.32 Å². The Balaban J connectivity index is 1.86. The highest BCUT2D eigenvalue weighted by Crippen LogP contribution is 2.37. The van der Waals surface area contributed by atoms with Crippen molar-refractivity contribution in [3.8, 4) is 0 Å². The number of aromatic amines is 1. The highest BCUT2D eigenvalue weighted by Gasteiger charge is 2.33. The number of rotatable bonds is 3. The molecular formula is C11H19N3. The molecule has 0 saturated heterocycles. The fraction of sp³-hybridized carbons (Fsp3) is 0.727. The minimum Gasteiger partial charge on any atom is -0.309 e. The topological polar surface area (TPSA) is 40.7 Å². The maximum Gasteiger partial charge on any atom is 0.0532 e. The number of hydrogen-bond acceptors (Lipinski definition) is 2. The maximum atomic E-state index is 3.94. The summed E-state index contributed by atoms with van der Waals surface area (Å²) in [6.45, 7) is 5.64. The minimum absolute atomic E-state index is 0.462. The van der Waals surface area contributed by atoms with E-state index in [9.17, 15) is 0 Å². The van der Waals surface area contributed by atoms with Gasteiger partial charge in [-0.3, -0.25) is 5.10 Å². The molecular weight excluding hydrogens is 174 g/mol. The Labute approximate surface area is 85.3 Å². The first-order valence-electron chi connectivity index (χ1n) is 5.39. The van der Waals surface area contributed by atoms with Gasteiger partial charge in [-0.25, -0.2) is 0 Å². The molecule has 1 heterocycles. The molecule has 1 aromatic heterocycles. The van der Waals surface area contributed by atoms with E-state index in [-0.39, 0.29) is 0 Å². The standard InChI is InChI=1S/C11H19N3/c1-11(2)5-3-4-10(11)12-6-9-7-13-14-8-9/h7-8,10,12H,3-6H2,1-2H3,(H,13,14). The SMILES string of the molecule is CC1(C)CCCC1NCc1cn[nH]c1. The van der Waals surface area contributed by atoms with Crippen molar-refractivity contribution in [2.45, 2.75) is 45.7 Å². The molecule has 1 aliphatic rings. The van der Waals surface area contributed by atoms with Gasteiger partial charge in [-0.15, -0.1) is 0 Å². The predicted molar refractivity (Wildman–Crippen MR) is 56.8 cm³/mol. The highest BCUT2D eigenvalue weighted by molar-refractivity contribution is 5.03. The van der Waals surface area contributed by atoms with E-state index in [4.69, 9.17) is 0 Å². The summed E-state index contributed by atoms with van der Waals surface area (Å²) in [7, 11) is 0. The highest BCUT2D eigenvalue weighted by atomic mass is 15.1. The minimum atomic E-state index is 0.462. The quantitative estimate of drug-likeness (QED) is 0.771. The first-order chi connectivity index (χ1) is 6.68. The molecule has 3 nitrogen and oxygen atoms in total. The van der Waals surface area contributed by atoms with Crippen LogP contribution in [-0.4, -0.2) is 16.2 Å². The van der Waals surface area contributed by atoms with Crippen molar-refractivity contribution < 1.29 is 0 Å². The van der Waals surface area contributed by atoms with Crippen LogP contribution in [0, 0.1) is 5.41 Å². The monoisotopic (exact) mass is 193 g/mol. The van der Waals surface area contributed by atoms with E-state index >= 15 is 0 Å². The number of H-pyrrole nitrogens is 1. The summed E-state index contributed by atoms with van der Waals surface area (Å²) in [5.41, 5.74) is 1.71. The molecule has 2 rings (SSSR count). The summed E-state index contributed by atoms with van der Waals surface area (Å²) in [6, 6.07) is 0.664. The van der Waals surface area contributed by atoms with Crippen molar-refractivity contribution in [2.24, 2.45) is 5.41 Å². The number of aromatic nitrogens is 2. The molecule has 0 spiro atoms. The Morgan fingerprint density at radius 1 is 1.64 bits per heavy atom. The Morgan fingerprint density at radius 3 is 3.07 bits per heavy atom. The van der Waals surface area contributed by atoms with Gasteiger partial charge in [-0.2, -0.15) is 5.10 Å². The number of hydrogen-bond donors (Lipinski definition) is 2. The van der Waals surface area contributed by atoms with Crippen LogP contribution in [0.4, 0.5) is 0 Å². The molecule has 1 fully saturated rings. The first-order valence-corrected chi connectivity index (χ1v) is 5.39. The molecule has 1 aliphatic carbocycles. The molecule has 2 N–H and O–H groups in total. The predicted octanol–water partition coefficient (Wildman–Crippen LogP) is 2.08. The summed E-state index contributed by atoms with van der Waals surface area (Å²) >= 11 is 0. The lowest BCUT2D eigenvalue weighted by Crippen LogP contribution is -2.37. The van der Waals surface area contributed by atoms with Gasteiger partial charge >= 0.3 is 0 Å². The van der Waals surface area contributed by atoms with Crippen molar-refractivity contribution in [3.63, 3.8) is 0 Å². The molecule has 14 heavy (non-hydrogen) atoms. The number of nitrogens with zero attached hydrogens (tertiary/aromatic N) is 1. The van der Waals surface area contributed by atoms with Crippen LogP contribution in [0.5, 0.6) is 0 Å². The smallest absolute Gasteiger partial charge is 0.0532 e. The summed E-state index contributed by atoms with van der Waals surface area (Å²) in [4.78, 5) is 0. The molecule has 0 radical (unpaired) electrons. The van der Waals surface area contributed by atoms with E-state index in [0.29, 0.717) is 11.5 Å². The summed E-state index contributed by atoms with van der Waals surface area (Å²) in [5, 5.41) is 10.4. The zero-order valence-electron chi connectivity index (χ0n) is 9.01. The van der Waals surface area contributed by atoms with Gasteiger partial charge in [0.2, 0.25) is 0 Å². The number of nitrogens with one attached hydrogen (secondary N) is 2. The fourth-order valence-electron chi connectivity index (χ4n) is 2.32. The van der Waals surface area contributed by atoms with Crippen LogP contribution in [-0.2, 0) is 6.54 Å². The van der Waals surface area contributed by atoms with Crippen molar-refractivity contribution in [1.82, 2.24) is 15.5 Å². The van der Waals surface area contributed by atoms with Crippen molar-refractivity contribution in [2.75, 3.05) is 0 Å². The third-order valence-electron chi connectivity index (χ3n) is 3.36. The fourth-order valence-corrected chi connectivity index (χ4v) is 2.32. The molecule has 1 saturated carbocycles. The molecule has 0 aliphatic heterocycles. The lowest BCUT2D eigenvalue weighted by atomic mass is 9.87. The van der Waals surface area contributed by atoms with Gasteiger partial charge in [0.05, 0.1) is 6.20 Å². The molecule has 0 aromatic carbocycles. The molecule has 1 unspecified atom stereocenters. The van der Waals surface area contributed by atoms with E-state index in [1.165, 1.54) is 24.8 Å². The van der Waals surface area contributed by atoms with Gasteiger partial charge in [0.1, 0.15) is 0 Å². The largest absolute Gasteiger partial charge is 0.309 e. The van der Waals surface area contributed by atoms with Crippen molar-refractivity contribution >= 4 is 0 Å². The maximum absolute atomic E-state index is 3.94. The van der Waals surface area contributed by atoms with E-state index in [1.807, 2.05) is 12.4 Å². The van der Waals surface area contributed by atoms with E-state index in [1.54, 1.807) is 0 Å². The zero-order chi connectivity index (χ0) is 10.0. The molecule has 1 aromatic rings. The van der Waals surface area contributed by atoms with Crippen molar-refractivity contribution in [3.05, 3.63) is 18.0 Å². The second-order valence-corrected chi connectivity index (χ2v) is 4.92.